The molecule has 2 aliphatic rings. The standard InChI is InChI=1S/C13H12F3NO4S/c14-13(15,16)21-10-3-1-8(2-4-10)12(18)17-6-11-5-9(17)7-22(11,19)20/h1-4,9,11H,5-7H2. The number of halogens is 3. The fourth-order valence-electron chi connectivity index (χ4n) is 2.91. The molecule has 2 aliphatic heterocycles. The molecular weight excluding hydrogens is 323 g/mol. The van der Waals surface area contributed by atoms with Gasteiger partial charge in [-0.2, -0.15) is 0 Å². The molecule has 2 heterocycles. The molecule has 1 amide bonds. The third kappa shape index (κ3) is 2.77. The summed E-state index contributed by atoms with van der Waals surface area (Å²) in [6, 6.07) is 4.26. The highest BCUT2D eigenvalue weighted by atomic mass is 32.2. The fourth-order valence-corrected chi connectivity index (χ4v) is 4.94. The molecule has 22 heavy (non-hydrogen) atoms. The van der Waals surface area contributed by atoms with E-state index in [9.17, 15) is 26.4 Å². The zero-order valence-electron chi connectivity index (χ0n) is 11.2. The quantitative estimate of drug-likeness (QED) is 0.823. The topological polar surface area (TPSA) is 63.7 Å². The van der Waals surface area contributed by atoms with Crippen molar-refractivity contribution in [2.75, 3.05) is 12.3 Å². The van der Waals surface area contributed by atoms with E-state index in [4.69, 9.17) is 0 Å². The van der Waals surface area contributed by atoms with E-state index in [0.717, 1.165) is 12.1 Å². The van der Waals surface area contributed by atoms with Crippen LogP contribution >= 0.6 is 0 Å². The third-order valence-corrected chi connectivity index (χ3v) is 6.11. The van der Waals surface area contributed by atoms with Crippen molar-refractivity contribution in [3.63, 3.8) is 0 Å². The van der Waals surface area contributed by atoms with Gasteiger partial charge >= 0.3 is 6.36 Å². The zero-order valence-corrected chi connectivity index (χ0v) is 12.0. The molecule has 3 rings (SSSR count). The Balaban J connectivity index is 1.72. The number of fused-ring (bicyclic) bond motifs is 2. The van der Waals surface area contributed by atoms with Crippen LogP contribution in [0.2, 0.25) is 0 Å². The SMILES string of the molecule is O=C(c1ccc(OC(F)(F)F)cc1)N1CC2CC1CS2(=O)=O. The molecule has 2 unspecified atom stereocenters. The number of rotatable bonds is 2. The maximum Gasteiger partial charge on any atom is 0.573 e. The van der Waals surface area contributed by atoms with E-state index < -0.39 is 27.2 Å². The lowest BCUT2D eigenvalue weighted by molar-refractivity contribution is -0.274. The Hall–Kier alpha value is -1.77. The summed E-state index contributed by atoms with van der Waals surface area (Å²) >= 11 is 0. The Morgan fingerprint density at radius 3 is 2.32 bits per heavy atom. The van der Waals surface area contributed by atoms with Gasteiger partial charge in [0.2, 0.25) is 0 Å². The summed E-state index contributed by atoms with van der Waals surface area (Å²) in [5.74, 6) is -0.825. The minimum atomic E-state index is -4.78. The number of hydrogen-bond acceptors (Lipinski definition) is 4. The Kier molecular flexibility index (Phi) is 3.35. The van der Waals surface area contributed by atoms with Gasteiger partial charge in [-0.3, -0.25) is 4.79 Å². The van der Waals surface area contributed by atoms with Crippen molar-refractivity contribution >= 4 is 15.7 Å². The van der Waals surface area contributed by atoms with Crippen LogP contribution in [0.1, 0.15) is 16.8 Å². The molecule has 5 nitrogen and oxygen atoms in total. The number of likely N-dealkylation sites (tertiary alicyclic amines) is 1. The Labute approximate surface area is 124 Å². The predicted octanol–water partition coefficient (Wildman–Crippen LogP) is 1.60. The second kappa shape index (κ2) is 4.87. The lowest BCUT2D eigenvalue weighted by Gasteiger charge is -2.27. The van der Waals surface area contributed by atoms with Crippen LogP contribution in [0.5, 0.6) is 5.75 Å². The van der Waals surface area contributed by atoms with Crippen molar-refractivity contribution in [3.05, 3.63) is 29.8 Å². The molecule has 0 aliphatic carbocycles. The molecule has 0 aromatic heterocycles. The molecule has 0 saturated carbocycles. The minimum absolute atomic E-state index is 0.0430. The number of sulfone groups is 1. The predicted molar refractivity (Wildman–Crippen MR) is 70.1 cm³/mol. The van der Waals surface area contributed by atoms with Gasteiger partial charge in [0, 0.05) is 18.2 Å². The largest absolute Gasteiger partial charge is 0.573 e. The van der Waals surface area contributed by atoms with Crippen LogP contribution in [0.4, 0.5) is 13.2 Å². The summed E-state index contributed by atoms with van der Waals surface area (Å²) in [4.78, 5) is 13.8. The maximum atomic E-state index is 12.3. The molecule has 2 saturated heterocycles. The first-order valence-electron chi connectivity index (χ1n) is 6.54. The number of benzene rings is 1. The van der Waals surface area contributed by atoms with Crippen LogP contribution in [0, 0.1) is 0 Å². The molecule has 1 aromatic carbocycles. The number of alkyl halides is 3. The van der Waals surface area contributed by atoms with Gasteiger partial charge in [-0.1, -0.05) is 0 Å². The van der Waals surface area contributed by atoms with Crippen LogP contribution < -0.4 is 4.74 Å². The summed E-state index contributed by atoms with van der Waals surface area (Å²) in [5, 5.41) is -0.519. The molecule has 0 radical (unpaired) electrons. The summed E-state index contributed by atoms with van der Waals surface area (Å²) in [6.07, 6.45) is -4.35. The summed E-state index contributed by atoms with van der Waals surface area (Å²) in [5.41, 5.74) is 0.208. The number of amides is 1. The summed E-state index contributed by atoms with van der Waals surface area (Å²) < 4.78 is 63.2. The van der Waals surface area contributed by atoms with Crippen LogP contribution in [0.15, 0.2) is 24.3 Å². The van der Waals surface area contributed by atoms with Gasteiger partial charge in [0.25, 0.3) is 5.91 Å². The number of ether oxygens (including phenoxy) is 1. The van der Waals surface area contributed by atoms with Crippen molar-refractivity contribution in [3.8, 4) is 5.75 Å². The molecule has 0 N–H and O–H groups in total. The van der Waals surface area contributed by atoms with E-state index in [1.807, 2.05) is 0 Å². The first-order chi connectivity index (χ1) is 10.2. The van der Waals surface area contributed by atoms with Crippen LogP contribution in [-0.2, 0) is 9.84 Å². The average Bonchev–Trinajstić information content (AvgIpc) is 2.92. The van der Waals surface area contributed by atoms with E-state index >= 15 is 0 Å². The Morgan fingerprint density at radius 2 is 1.86 bits per heavy atom. The second-order valence-corrected chi connectivity index (χ2v) is 7.70. The zero-order chi connectivity index (χ0) is 16.1. The monoisotopic (exact) mass is 335 g/mol. The number of hydrogen-bond donors (Lipinski definition) is 0. The normalized spacial score (nSPS) is 26.2. The van der Waals surface area contributed by atoms with Crippen LogP contribution in [0.25, 0.3) is 0 Å². The van der Waals surface area contributed by atoms with Gasteiger partial charge in [0.1, 0.15) is 5.75 Å². The highest BCUT2D eigenvalue weighted by Gasteiger charge is 2.50. The lowest BCUT2D eigenvalue weighted by Crippen LogP contribution is -2.44. The van der Waals surface area contributed by atoms with Gasteiger partial charge < -0.3 is 9.64 Å². The molecule has 0 spiro atoms. The highest BCUT2D eigenvalue weighted by Crippen LogP contribution is 2.34. The molecule has 120 valence electrons. The lowest BCUT2D eigenvalue weighted by atomic mass is 10.1. The Bertz CT molecular complexity index is 699. The van der Waals surface area contributed by atoms with Crippen molar-refractivity contribution in [1.82, 2.24) is 4.90 Å². The summed E-state index contributed by atoms with van der Waals surface area (Å²) in [6.45, 7) is 0.145. The van der Waals surface area contributed by atoms with Gasteiger partial charge in [-0.25, -0.2) is 8.42 Å². The first-order valence-corrected chi connectivity index (χ1v) is 8.25. The van der Waals surface area contributed by atoms with E-state index in [-0.39, 0.29) is 29.8 Å². The van der Waals surface area contributed by atoms with E-state index in [1.165, 1.54) is 17.0 Å². The van der Waals surface area contributed by atoms with Crippen molar-refractivity contribution in [2.45, 2.75) is 24.1 Å². The molecular formula is C13H12F3NO4S. The molecule has 1 aromatic rings. The number of carbonyl (C=O) groups excluding carboxylic acids is 1. The van der Waals surface area contributed by atoms with E-state index in [2.05, 4.69) is 4.74 Å². The molecule has 2 atom stereocenters. The smallest absolute Gasteiger partial charge is 0.406 e. The van der Waals surface area contributed by atoms with Crippen LogP contribution in [0.3, 0.4) is 0 Å². The Morgan fingerprint density at radius 1 is 1.23 bits per heavy atom. The van der Waals surface area contributed by atoms with Crippen LogP contribution in [-0.4, -0.2) is 49.2 Å². The summed E-state index contributed by atoms with van der Waals surface area (Å²) in [7, 11) is -3.10. The molecule has 2 fully saturated rings. The number of carbonyl (C=O) groups is 1. The third-order valence-electron chi connectivity index (χ3n) is 3.90. The van der Waals surface area contributed by atoms with E-state index in [1.54, 1.807) is 0 Å². The minimum Gasteiger partial charge on any atom is -0.406 e. The van der Waals surface area contributed by atoms with Gasteiger partial charge in [0.05, 0.1) is 11.0 Å². The number of nitrogens with zero attached hydrogens (tertiary/aromatic N) is 1. The van der Waals surface area contributed by atoms with Crippen molar-refractivity contribution < 1.29 is 31.1 Å². The van der Waals surface area contributed by atoms with Crippen molar-refractivity contribution in [1.29, 1.82) is 0 Å². The molecule has 9 heteroatoms. The highest BCUT2D eigenvalue weighted by molar-refractivity contribution is 7.92. The molecule has 2 bridgehead atoms. The average molecular weight is 335 g/mol. The van der Waals surface area contributed by atoms with E-state index in [0.29, 0.717) is 6.42 Å². The van der Waals surface area contributed by atoms with Gasteiger partial charge in [0.15, 0.2) is 9.84 Å². The van der Waals surface area contributed by atoms with Gasteiger partial charge in [-0.05, 0) is 30.7 Å². The van der Waals surface area contributed by atoms with Crippen molar-refractivity contribution in [2.24, 2.45) is 0 Å². The maximum absolute atomic E-state index is 12.3. The second-order valence-electron chi connectivity index (χ2n) is 5.37. The fraction of sp³-hybridized carbons (Fsp3) is 0.462. The van der Waals surface area contributed by atoms with Gasteiger partial charge in [-0.15, -0.1) is 13.2 Å². The first kappa shape index (κ1) is 15.1.